The van der Waals surface area contributed by atoms with Gasteiger partial charge >= 0.3 is 0 Å². The van der Waals surface area contributed by atoms with E-state index in [-0.39, 0.29) is 17.9 Å². The first-order valence-corrected chi connectivity index (χ1v) is 11.0. The van der Waals surface area contributed by atoms with Crippen molar-refractivity contribution in [1.29, 1.82) is 0 Å². The molecule has 2 aromatic rings. The summed E-state index contributed by atoms with van der Waals surface area (Å²) in [7, 11) is 0. The van der Waals surface area contributed by atoms with Crippen molar-refractivity contribution in [3.63, 3.8) is 0 Å². The van der Waals surface area contributed by atoms with Crippen molar-refractivity contribution in [3.05, 3.63) is 58.6 Å². The number of amides is 2. The highest BCUT2D eigenvalue weighted by atomic mass is 35.5. The first-order valence-electron chi connectivity index (χ1n) is 10.6. The van der Waals surface area contributed by atoms with E-state index in [1.165, 1.54) is 6.42 Å². The van der Waals surface area contributed by atoms with E-state index in [9.17, 15) is 9.59 Å². The fourth-order valence-electron chi connectivity index (χ4n) is 3.70. The smallest absolute Gasteiger partial charge is 0.253 e. The summed E-state index contributed by atoms with van der Waals surface area (Å²) in [5, 5.41) is 6.65. The summed E-state index contributed by atoms with van der Waals surface area (Å²) in [5.74, 6) is 0.508. The van der Waals surface area contributed by atoms with Crippen LogP contribution in [0.1, 0.15) is 60.9 Å². The third-order valence-corrected chi connectivity index (χ3v) is 5.56. The average Bonchev–Trinajstić information content (AvgIpc) is 2.73. The third-order valence-electron chi connectivity index (χ3n) is 5.33. The maximum absolute atomic E-state index is 12.7. The Bertz CT molecular complexity index is 879. The molecule has 160 valence electrons. The van der Waals surface area contributed by atoms with Gasteiger partial charge in [0.05, 0.1) is 17.9 Å². The quantitative estimate of drug-likeness (QED) is 0.545. The van der Waals surface area contributed by atoms with Gasteiger partial charge in [-0.2, -0.15) is 0 Å². The third kappa shape index (κ3) is 6.49. The second-order valence-corrected chi connectivity index (χ2v) is 8.20. The molecule has 6 heteroatoms. The molecule has 0 unspecified atom stereocenters. The van der Waals surface area contributed by atoms with Crippen LogP contribution in [0.2, 0.25) is 5.02 Å². The van der Waals surface area contributed by atoms with E-state index in [1.54, 1.807) is 18.2 Å². The first kappa shape index (κ1) is 22.2. The highest BCUT2D eigenvalue weighted by Gasteiger charge is 2.19. The van der Waals surface area contributed by atoms with Crippen molar-refractivity contribution < 1.29 is 14.3 Å². The molecule has 0 aliphatic heterocycles. The van der Waals surface area contributed by atoms with Gasteiger partial charge in [-0.15, -0.1) is 0 Å². The Labute approximate surface area is 183 Å². The summed E-state index contributed by atoms with van der Waals surface area (Å²) >= 11 is 5.95. The molecule has 0 heterocycles. The number of rotatable bonds is 8. The van der Waals surface area contributed by atoms with E-state index >= 15 is 0 Å². The molecule has 3 rings (SSSR count). The van der Waals surface area contributed by atoms with Crippen LogP contribution in [0.5, 0.6) is 5.75 Å². The number of ether oxygens (including phenoxy) is 1. The lowest BCUT2D eigenvalue weighted by Gasteiger charge is -2.23. The van der Waals surface area contributed by atoms with Gasteiger partial charge < -0.3 is 15.4 Å². The molecule has 0 radical (unpaired) electrons. The van der Waals surface area contributed by atoms with E-state index in [2.05, 4.69) is 10.6 Å². The number of nitrogens with one attached hydrogen (secondary N) is 2. The van der Waals surface area contributed by atoms with Crippen molar-refractivity contribution in [2.24, 2.45) is 0 Å². The van der Waals surface area contributed by atoms with Crippen LogP contribution in [0, 0.1) is 6.92 Å². The molecule has 2 aromatic carbocycles. The summed E-state index contributed by atoms with van der Waals surface area (Å²) in [4.78, 5) is 25.1. The Kier molecular flexibility index (Phi) is 8.14. The van der Waals surface area contributed by atoms with Crippen LogP contribution in [0.15, 0.2) is 42.5 Å². The van der Waals surface area contributed by atoms with Crippen LogP contribution in [-0.2, 0) is 4.79 Å². The predicted molar refractivity (Wildman–Crippen MR) is 120 cm³/mol. The van der Waals surface area contributed by atoms with Crippen LogP contribution in [0.25, 0.3) is 0 Å². The molecule has 0 atom stereocenters. The van der Waals surface area contributed by atoms with Gasteiger partial charge in [0.1, 0.15) is 5.75 Å². The van der Waals surface area contributed by atoms with Crippen molar-refractivity contribution in [3.8, 4) is 5.75 Å². The summed E-state index contributed by atoms with van der Waals surface area (Å²) in [6.07, 6.45) is 6.47. The summed E-state index contributed by atoms with van der Waals surface area (Å²) in [6.45, 7) is 2.36. The monoisotopic (exact) mass is 428 g/mol. The summed E-state index contributed by atoms with van der Waals surface area (Å²) in [5.41, 5.74) is 2.01. The standard InChI is InChI=1S/C24H29ClN2O3/c1-17-16-18(25)13-14-22(17)30-15-7-12-23(28)27-21-11-6-5-10-20(21)24(29)26-19-8-3-2-4-9-19/h5-6,10-11,13-14,16,19H,2-4,7-9,12,15H2,1H3,(H,26,29)(H,27,28). The van der Waals surface area contributed by atoms with Crippen LogP contribution < -0.4 is 15.4 Å². The maximum atomic E-state index is 12.7. The highest BCUT2D eigenvalue weighted by Crippen LogP contribution is 2.22. The van der Waals surface area contributed by atoms with E-state index in [4.69, 9.17) is 16.3 Å². The van der Waals surface area contributed by atoms with Crippen molar-refractivity contribution in [2.45, 2.75) is 57.9 Å². The van der Waals surface area contributed by atoms with Crippen molar-refractivity contribution in [2.75, 3.05) is 11.9 Å². The number of hydrogen-bond donors (Lipinski definition) is 2. The fourth-order valence-corrected chi connectivity index (χ4v) is 3.93. The Morgan fingerprint density at radius 1 is 1.10 bits per heavy atom. The van der Waals surface area contributed by atoms with Crippen LogP contribution in [0.4, 0.5) is 5.69 Å². The number of anilines is 1. The van der Waals surface area contributed by atoms with Gasteiger partial charge in [-0.1, -0.05) is 43.0 Å². The Morgan fingerprint density at radius 2 is 1.87 bits per heavy atom. The molecule has 1 fully saturated rings. The Morgan fingerprint density at radius 3 is 2.63 bits per heavy atom. The zero-order chi connectivity index (χ0) is 21.3. The minimum atomic E-state index is -0.135. The molecule has 0 bridgehead atoms. The molecule has 1 saturated carbocycles. The lowest BCUT2D eigenvalue weighted by Crippen LogP contribution is -2.36. The zero-order valence-electron chi connectivity index (χ0n) is 17.4. The average molecular weight is 429 g/mol. The van der Waals surface area contributed by atoms with Gasteiger partial charge in [-0.3, -0.25) is 9.59 Å². The number of benzene rings is 2. The predicted octanol–water partition coefficient (Wildman–Crippen LogP) is 5.51. The summed E-state index contributed by atoms with van der Waals surface area (Å²) < 4.78 is 5.74. The number of hydrogen-bond acceptors (Lipinski definition) is 3. The topological polar surface area (TPSA) is 67.4 Å². The number of aryl methyl sites for hydroxylation is 1. The second-order valence-electron chi connectivity index (χ2n) is 7.76. The van der Waals surface area contributed by atoms with Crippen molar-refractivity contribution >= 4 is 29.1 Å². The van der Waals surface area contributed by atoms with Crippen LogP contribution in [-0.4, -0.2) is 24.5 Å². The van der Waals surface area contributed by atoms with E-state index in [0.717, 1.165) is 37.0 Å². The minimum absolute atomic E-state index is 0.126. The normalized spacial score (nSPS) is 14.2. The second kappa shape index (κ2) is 11.0. The molecule has 2 N–H and O–H groups in total. The van der Waals surface area contributed by atoms with Crippen LogP contribution in [0.3, 0.4) is 0 Å². The van der Waals surface area contributed by atoms with Crippen molar-refractivity contribution in [1.82, 2.24) is 5.32 Å². The first-order chi connectivity index (χ1) is 14.5. The van der Waals surface area contributed by atoms with Gasteiger partial charge in [-0.25, -0.2) is 0 Å². The highest BCUT2D eigenvalue weighted by molar-refractivity contribution is 6.30. The van der Waals surface area contributed by atoms with Gasteiger partial charge in [0.25, 0.3) is 5.91 Å². The number of carbonyl (C=O) groups is 2. The molecule has 0 aromatic heterocycles. The van der Waals surface area contributed by atoms with E-state index in [0.29, 0.717) is 35.7 Å². The summed E-state index contributed by atoms with van der Waals surface area (Å²) in [6, 6.07) is 12.8. The van der Waals surface area contributed by atoms with Crippen LogP contribution >= 0.6 is 11.6 Å². The van der Waals surface area contributed by atoms with E-state index in [1.807, 2.05) is 31.2 Å². The number of carbonyl (C=O) groups excluding carboxylic acids is 2. The lowest BCUT2D eigenvalue weighted by molar-refractivity contribution is -0.116. The molecule has 1 aliphatic rings. The molecule has 5 nitrogen and oxygen atoms in total. The fraction of sp³-hybridized carbons (Fsp3) is 0.417. The molecule has 0 spiro atoms. The minimum Gasteiger partial charge on any atom is -0.493 e. The Hall–Kier alpha value is -2.53. The Balaban J connectivity index is 1.48. The largest absolute Gasteiger partial charge is 0.493 e. The SMILES string of the molecule is Cc1cc(Cl)ccc1OCCCC(=O)Nc1ccccc1C(=O)NC1CCCCC1. The molecular weight excluding hydrogens is 400 g/mol. The number of halogens is 1. The number of para-hydroxylation sites is 1. The van der Waals surface area contributed by atoms with E-state index < -0.39 is 0 Å². The van der Waals surface area contributed by atoms with Gasteiger partial charge in [0.2, 0.25) is 5.91 Å². The molecule has 1 aliphatic carbocycles. The van der Waals surface area contributed by atoms with Gasteiger partial charge in [0, 0.05) is 17.5 Å². The molecular formula is C24H29ClN2O3. The zero-order valence-corrected chi connectivity index (χ0v) is 18.1. The molecule has 0 saturated heterocycles. The van der Waals surface area contributed by atoms with Gasteiger partial charge in [-0.05, 0) is 62.1 Å². The molecule has 30 heavy (non-hydrogen) atoms. The maximum Gasteiger partial charge on any atom is 0.253 e. The molecule has 2 amide bonds. The van der Waals surface area contributed by atoms with Gasteiger partial charge in [0.15, 0.2) is 0 Å². The lowest BCUT2D eigenvalue weighted by atomic mass is 9.95.